The first kappa shape index (κ1) is 29.5. The highest BCUT2D eigenvalue weighted by molar-refractivity contribution is 5.81. The predicted octanol–water partition coefficient (Wildman–Crippen LogP) is 6.94. The molecule has 0 spiro atoms. The lowest BCUT2D eigenvalue weighted by Gasteiger charge is -2.36. The molecule has 0 aliphatic carbocycles. The Bertz CT molecular complexity index is 1690. The fourth-order valence-corrected chi connectivity index (χ4v) is 5.00. The van der Waals surface area contributed by atoms with E-state index >= 15 is 4.39 Å². The molecule has 5 rings (SSSR count). The summed E-state index contributed by atoms with van der Waals surface area (Å²) >= 11 is 0. The van der Waals surface area contributed by atoms with E-state index < -0.39 is 46.4 Å². The molecule has 0 atom stereocenters. The molecule has 0 aliphatic heterocycles. The molecule has 2 N–H and O–H groups in total. The van der Waals surface area contributed by atoms with E-state index in [-0.39, 0.29) is 11.3 Å². The Morgan fingerprint density at radius 3 is 1.73 bits per heavy atom. The number of carboxylic acid groups (broad SMARTS) is 1. The van der Waals surface area contributed by atoms with Crippen LogP contribution in [0.2, 0.25) is 0 Å². The average molecular weight is 593 g/mol. The van der Waals surface area contributed by atoms with E-state index in [1.54, 1.807) is 0 Å². The Balaban J connectivity index is 1.46. The zero-order chi connectivity index (χ0) is 31.1. The van der Waals surface area contributed by atoms with Crippen LogP contribution < -0.4 is 14.8 Å². The largest absolute Gasteiger partial charge is 0.511 e. The van der Waals surface area contributed by atoms with Crippen molar-refractivity contribution in [2.75, 3.05) is 6.61 Å². The molecule has 10 heteroatoms. The highest BCUT2D eigenvalue weighted by Gasteiger charge is 2.38. The van der Waals surface area contributed by atoms with Crippen molar-refractivity contribution in [3.63, 3.8) is 0 Å². The van der Waals surface area contributed by atoms with Crippen LogP contribution in [0.3, 0.4) is 0 Å². The molecule has 9 nitrogen and oxygen atoms in total. The van der Waals surface area contributed by atoms with Gasteiger partial charge in [0.1, 0.15) is 11.3 Å². The van der Waals surface area contributed by atoms with E-state index in [9.17, 15) is 19.7 Å². The van der Waals surface area contributed by atoms with E-state index in [2.05, 4.69) is 10.1 Å². The zero-order valence-corrected chi connectivity index (χ0v) is 23.1. The Labute approximate surface area is 251 Å². The van der Waals surface area contributed by atoms with Crippen molar-refractivity contribution >= 4 is 17.7 Å². The normalized spacial score (nSPS) is 10.9. The Morgan fingerprint density at radius 2 is 1.27 bits per heavy atom. The molecule has 0 aliphatic rings. The van der Waals surface area contributed by atoms with Gasteiger partial charge in [-0.3, -0.25) is 14.9 Å². The molecular weight excluding hydrogens is 567 g/mol. The van der Waals surface area contributed by atoms with Crippen LogP contribution in [-0.4, -0.2) is 28.7 Å². The summed E-state index contributed by atoms with van der Waals surface area (Å²) in [6.45, 7) is -0.716. The molecule has 220 valence electrons. The third kappa shape index (κ3) is 6.24. The Kier molecular flexibility index (Phi) is 8.62. The quantitative estimate of drug-likeness (QED) is 0.0591. The van der Waals surface area contributed by atoms with Crippen LogP contribution in [-0.2, 0) is 10.3 Å². The van der Waals surface area contributed by atoms with Crippen molar-refractivity contribution in [3.05, 3.63) is 160 Å². The smallest absolute Gasteiger partial charge is 0.475 e. The van der Waals surface area contributed by atoms with E-state index in [1.807, 2.05) is 91.0 Å². The van der Waals surface area contributed by atoms with Gasteiger partial charge in [0.25, 0.3) is 5.91 Å². The van der Waals surface area contributed by atoms with Gasteiger partial charge in [-0.05, 0) is 46.0 Å². The predicted molar refractivity (Wildman–Crippen MR) is 160 cm³/mol. The van der Waals surface area contributed by atoms with Crippen LogP contribution in [0.15, 0.2) is 127 Å². The van der Waals surface area contributed by atoms with Gasteiger partial charge in [-0.15, -0.1) is 0 Å². The lowest BCUT2D eigenvalue weighted by molar-refractivity contribution is -0.386. The maximum Gasteiger partial charge on any atom is 0.511 e. The van der Waals surface area contributed by atoms with Crippen molar-refractivity contribution in [2.45, 2.75) is 5.54 Å². The van der Waals surface area contributed by atoms with Gasteiger partial charge in [-0.2, -0.15) is 0 Å². The second kappa shape index (κ2) is 12.9. The van der Waals surface area contributed by atoms with Gasteiger partial charge in [-0.1, -0.05) is 103 Å². The minimum absolute atomic E-state index is 0.0276. The Hall–Kier alpha value is -6.03. The number of carbonyl (C=O) groups excluding carboxylic acids is 1. The SMILES string of the molecule is O=C(COc1c(F)cc(-c2ccc(OC(=O)O)cc2)cc1[N+](=O)[O-])NC(c1ccccc1)(c1ccccc1)c1ccccc1. The van der Waals surface area contributed by atoms with Gasteiger partial charge in [0.2, 0.25) is 5.75 Å². The molecule has 0 saturated carbocycles. The van der Waals surface area contributed by atoms with Gasteiger partial charge in [-0.25, -0.2) is 9.18 Å². The number of ether oxygens (including phenoxy) is 2. The van der Waals surface area contributed by atoms with E-state index in [1.165, 1.54) is 24.3 Å². The number of halogens is 1. The molecule has 0 heterocycles. The molecule has 5 aromatic carbocycles. The fourth-order valence-electron chi connectivity index (χ4n) is 5.00. The average Bonchev–Trinajstić information content (AvgIpc) is 3.04. The van der Waals surface area contributed by atoms with Crippen LogP contribution in [0.5, 0.6) is 11.5 Å². The van der Waals surface area contributed by atoms with Gasteiger partial charge in [0.05, 0.1) is 4.92 Å². The van der Waals surface area contributed by atoms with Gasteiger partial charge in [0, 0.05) is 6.07 Å². The van der Waals surface area contributed by atoms with E-state index in [0.29, 0.717) is 5.56 Å². The molecule has 0 radical (unpaired) electrons. The summed E-state index contributed by atoms with van der Waals surface area (Å²) < 4.78 is 25.4. The summed E-state index contributed by atoms with van der Waals surface area (Å²) in [5.41, 5.74) is 0.941. The van der Waals surface area contributed by atoms with Gasteiger partial charge >= 0.3 is 11.8 Å². The number of nitro groups is 1. The van der Waals surface area contributed by atoms with Crippen LogP contribution in [0.25, 0.3) is 11.1 Å². The number of rotatable bonds is 10. The van der Waals surface area contributed by atoms with Crippen LogP contribution in [0.4, 0.5) is 14.9 Å². The summed E-state index contributed by atoms with van der Waals surface area (Å²) in [5, 5.41) is 23.8. The van der Waals surface area contributed by atoms with Crippen molar-refractivity contribution in [2.24, 2.45) is 0 Å². The maximum absolute atomic E-state index is 15.3. The Morgan fingerprint density at radius 1 is 0.773 bits per heavy atom. The number of hydrogen-bond acceptors (Lipinski definition) is 6. The molecule has 5 aromatic rings. The lowest BCUT2D eigenvalue weighted by atomic mass is 9.77. The van der Waals surface area contributed by atoms with E-state index in [0.717, 1.165) is 28.8 Å². The first-order valence-corrected chi connectivity index (χ1v) is 13.4. The zero-order valence-electron chi connectivity index (χ0n) is 23.1. The minimum Gasteiger partial charge on any atom is -0.475 e. The number of nitrogens with one attached hydrogen (secondary N) is 1. The summed E-state index contributed by atoms with van der Waals surface area (Å²) in [4.78, 5) is 35.4. The minimum atomic E-state index is -1.50. The summed E-state index contributed by atoms with van der Waals surface area (Å²) in [7, 11) is 0. The molecule has 0 saturated heterocycles. The van der Waals surface area contributed by atoms with Crippen molar-refractivity contribution in [1.29, 1.82) is 0 Å². The molecular formula is C34H25FN2O7. The second-order valence-electron chi connectivity index (χ2n) is 9.64. The highest BCUT2D eigenvalue weighted by Crippen LogP contribution is 2.38. The number of hydrogen-bond donors (Lipinski definition) is 2. The van der Waals surface area contributed by atoms with Crippen LogP contribution >= 0.6 is 0 Å². The highest BCUT2D eigenvalue weighted by atomic mass is 19.1. The summed E-state index contributed by atoms with van der Waals surface area (Å²) in [5.74, 6) is -2.36. The van der Waals surface area contributed by atoms with Gasteiger partial charge in [0.15, 0.2) is 12.4 Å². The van der Waals surface area contributed by atoms with Gasteiger partial charge < -0.3 is 19.9 Å². The molecule has 1 amide bonds. The topological polar surface area (TPSA) is 128 Å². The molecule has 0 fully saturated rings. The molecule has 0 bridgehead atoms. The third-order valence-corrected chi connectivity index (χ3v) is 6.91. The second-order valence-corrected chi connectivity index (χ2v) is 9.64. The van der Waals surface area contributed by atoms with E-state index in [4.69, 9.17) is 9.84 Å². The lowest BCUT2D eigenvalue weighted by Crippen LogP contribution is -2.49. The molecule has 44 heavy (non-hydrogen) atoms. The first-order chi connectivity index (χ1) is 21.3. The standard InChI is InChI=1S/C34H25FN2O7/c35-29-20-24(23-16-18-28(19-17-23)44-33(39)40)21-30(37(41)42)32(29)43-22-31(38)36-34(25-10-4-1-5-11-25,26-12-6-2-7-13-26)27-14-8-3-9-15-27/h1-21H,22H2,(H,36,38)(H,39,40). The van der Waals surface area contributed by atoms with Crippen LogP contribution in [0.1, 0.15) is 16.7 Å². The third-order valence-electron chi connectivity index (χ3n) is 6.91. The maximum atomic E-state index is 15.3. The number of carbonyl (C=O) groups is 2. The van der Waals surface area contributed by atoms with Crippen molar-refractivity contribution in [3.8, 4) is 22.6 Å². The number of amides is 1. The number of benzene rings is 5. The summed E-state index contributed by atoms with van der Waals surface area (Å²) in [6, 6.07) is 35.7. The molecule has 0 aromatic heterocycles. The fraction of sp³-hybridized carbons (Fsp3) is 0.0588. The van der Waals surface area contributed by atoms with Crippen molar-refractivity contribution < 1.29 is 33.5 Å². The number of nitro benzene ring substituents is 1. The van der Waals surface area contributed by atoms with Crippen LogP contribution in [0, 0.1) is 15.9 Å². The monoisotopic (exact) mass is 592 g/mol. The summed E-state index contributed by atoms with van der Waals surface area (Å²) in [6.07, 6.45) is -1.50. The number of nitrogens with zero attached hydrogens (tertiary/aromatic N) is 1. The first-order valence-electron chi connectivity index (χ1n) is 13.4. The van der Waals surface area contributed by atoms with Crippen molar-refractivity contribution in [1.82, 2.24) is 5.32 Å². The molecule has 0 unspecified atom stereocenters.